The Kier molecular flexibility index (Phi) is 5.17. The maximum absolute atomic E-state index is 13.0. The van der Waals surface area contributed by atoms with Crippen LogP contribution in [-0.4, -0.2) is 32.7 Å². The van der Waals surface area contributed by atoms with E-state index in [2.05, 4.69) is 20.8 Å². The van der Waals surface area contributed by atoms with Crippen molar-refractivity contribution in [1.82, 2.24) is 25.5 Å². The first-order valence-electron chi connectivity index (χ1n) is 8.46. The summed E-state index contributed by atoms with van der Waals surface area (Å²) in [6.07, 6.45) is -3.00. The Hall–Kier alpha value is -3.23. The molecule has 6 nitrogen and oxygen atoms in total. The number of tetrazole rings is 1. The topological polar surface area (TPSA) is 72.7 Å². The average Bonchev–Trinajstić information content (AvgIpc) is 3.20. The molecule has 0 spiro atoms. The van der Waals surface area contributed by atoms with Crippen LogP contribution in [0.4, 0.5) is 13.2 Å². The van der Waals surface area contributed by atoms with E-state index in [1.54, 1.807) is 44.2 Å². The molecule has 3 aromatic rings. The minimum Gasteiger partial charge on any atom is -0.351 e. The largest absolute Gasteiger partial charge is 0.416 e. The molecule has 146 valence electrons. The van der Waals surface area contributed by atoms with Gasteiger partial charge in [0.25, 0.3) is 5.91 Å². The zero-order valence-electron chi connectivity index (χ0n) is 15.2. The fraction of sp³-hybridized carbons (Fsp3) is 0.263. The molecular weight excluding hydrogens is 371 g/mol. The summed E-state index contributed by atoms with van der Waals surface area (Å²) in [5.41, 5.74) is 0.107. The maximum atomic E-state index is 13.0. The van der Waals surface area contributed by atoms with Crippen LogP contribution < -0.4 is 5.32 Å². The molecule has 0 aliphatic heterocycles. The summed E-state index contributed by atoms with van der Waals surface area (Å²) in [4.78, 5) is 12.5. The average molecular weight is 389 g/mol. The summed E-state index contributed by atoms with van der Waals surface area (Å²) < 4.78 is 40.3. The molecule has 0 atom stereocenters. The fourth-order valence-electron chi connectivity index (χ4n) is 2.69. The number of benzene rings is 2. The second-order valence-corrected chi connectivity index (χ2v) is 6.95. The van der Waals surface area contributed by atoms with Crippen LogP contribution in [0.2, 0.25) is 0 Å². The van der Waals surface area contributed by atoms with Crippen LogP contribution in [0.1, 0.15) is 35.3 Å². The number of aromatic nitrogens is 4. The van der Waals surface area contributed by atoms with E-state index >= 15 is 0 Å². The minimum atomic E-state index is -4.41. The van der Waals surface area contributed by atoms with Crippen molar-refractivity contribution < 1.29 is 18.0 Å². The van der Waals surface area contributed by atoms with E-state index in [1.165, 1.54) is 17.1 Å². The Morgan fingerprint density at radius 2 is 1.79 bits per heavy atom. The van der Waals surface area contributed by atoms with E-state index in [-0.39, 0.29) is 12.5 Å². The van der Waals surface area contributed by atoms with Crippen LogP contribution in [0, 0.1) is 0 Å². The number of amides is 1. The third-order valence-electron chi connectivity index (χ3n) is 4.38. The summed E-state index contributed by atoms with van der Waals surface area (Å²) in [6, 6.07) is 11.9. The molecule has 28 heavy (non-hydrogen) atoms. The maximum Gasteiger partial charge on any atom is 0.416 e. The van der Waals surface area contributed by atoms with Crippen molar-refractivity contribution in [3.63, 3.8) is 0 Å². The van der Waals surface area contributed by atoms with Gasteiger partial charge >= 0.3 is 6.18 Å². The highest BCUT2D eigenvalue weighted by Gasteiger charge is 2.32. The van der Waals surface area contributed by atoms with Gasteiger partial charge < -0.3 is 5.32 Å². The first-order valence-corrected chi connectivity index (χ1v) is 8.46. The predicted molar refractivity (Wildman–Crippen MR) is 96.0 cm³/mol. The molecule has 9 heteroatoms. The minimum absolute atomic E-state index is 0.169. The van der Waals surface area contributed by atoms with Gasteiger partial charge in [-0.25, -0.2) is 4.68 Å². The molecule has 1 aromatic heterocycles. The van der Waals surface area contributed by atoms with Gasteiger partial charge in [-0.2, -0.15) is 13.2 Å². The van der Waals surface area contributed by atoms with Crippen molar-refractivity contribution in [3.05, 3.63) is 71.5 Å². The first-order chi connectivity index (χ1) is 13.2. The number of rotatable bonds is 5. The van der Waals surface area contributed by atoms with E-state index in [0.717, 1.165) is 12.1 Å². The summed E-state index contributed by atoms with van der Waals surface area (Å²) in [5.74, 6) is -0.338. The monoisotopic (exact) mass is 389 g/mol. The quantitative estimate of drug-likeness (QED) is 0.726. The Bertz CT molecular complexity index is 968. The number of halogens is 3. The van der Waals surface area contributed by atoms with Crippen LogP contribution in [-0.2, 0) is 11.6 Å². The number of nitrogens with one attached hydrogen (secondary N) is 1. The number of nitrogens with zero attached hydrogens (tertiary/aromatic N) is 4. The molecule has 0 fully saturated rings. The summed E-state index contributed by atoms with van der Waals surface area (Å²) in [5, 5.41) is 13.7. The SMILES string of the molecule is CC(C)(CNC(=O)c1cccc(-n2cnnn2)c1)c1cccc(C(F)(F)F)c1. The third-order valence-corrected chi connectivity index (χ3v) is 4.38. The van der Waals surface area contributed by atoms with Crippen LogP contribution in [0.5, 0.6) is 0 Å². The summed E-state index contributed by atoms with van der Waals surface area (Å²) >= 11 is 0. The molecule has 0 bridgehead atoms. The van der Waals surface area contributed by atoms with Crippen molar-refractivity contribution in [2.24, 2.45) is 0 Å². The highest BCUT2D eigenvalue weighted by atomic mass is 19.4. The van der Waals surface area contributed by atoms with Crippen molar-refractivity contribution in [2.45, 2.75) is 25.4 Å². The molecule has 1 N–H and O–H groups in total. The van der Waals surface area contributed by atoms with Crippen molar-refractivity contribution in [3.8, 4) is 5.69 Å². The normalized spacial score (nSPS) is 12.0. The highest BCUT2D eigenvalue weighted by molar-refractivity contribution is 5.94. The Labute approximate surface area is 159 Å². The zero-order valence-corrected chi connectivity index (χ0v) is 15.2. The molecule has 0 radical (unpaired) electrons. The van der Waals surface area contributed by atoms with Gasteiger partial charge in [-0.15, -0.1) is 5.10 Å². The molecule has 1 heterocycles. The number of hydrogen-bond acceptors (Lipinski definition) is 4. The Morgan fingerprint density at radius 1 is 1.07 bits per heavy atom. The lowest BCUT2D eigenvalue weighted by molar-refractivity contribution is -0.137. The van der Waals surface area contributed by atoms with Gasteiger partial charge in [-0.05, 0) is 40.3 Å². The standard InChI is InChI=1S/C19H18F3N5O/c1-18(2,14-6-4-7-15(10-14)19(20,21)22)11-23-17(28)13-5-3-8-16(9-13)27-12-24-25-26-27/h3-10,12H,11H2,1-2H3,(H,23,28). The van der Waals surface area contributed by atoms with Crippen molar-refractivity contribution in [2.75, 3.05) is 6.54 Å². The van der Waals surface area contributed by atoms with Gasteiger partial charge in [-0.1, -0.05) is 38.1 Å². The van der Waals surface area contributed by atoms with Crippen LogP contribution >= 0.6 is 0 Å². The van der Waals surface area contributed by atoms with Gasteiger partial charge in [0.1, 0.15) is 6.33 Å². The number of carbonyl (C=O) groups is 1. The van der Waals surface area contributed by atoms with Gasteiger partial charge in [0.15, 0.2) is 0 Å². The summed E-state index contributed by atoms with van der Waals surface area (Å²) in [6.45, 7) is 3.72. The van der Waals surface area contributed by atoms with Gasteiger partial charge in [-0.3, -0.25) is 4.79 Å². The molecule has 0 aliphatic carbocycles. The van der Waals surface area contributed by atoms with E-state index in [4.69, 9.17) is 0 Å². The lowest BCUT2D eigenvalue weighted by Crippen LogP contribution is -2.36. The number of alkyl halides is 3. The molecule has 3 rings (SSSR count). The van der Waals surface area contributed by atoms with Crippen molar-refractivity contribution >= 4 is 5.91 Å². The zero-order chi connectivity index (χ0) is 20.4. The van der Waals surface area contributed by atoms with Gasteiger partial charge in [0.05, 0.1) is 11.3 Å². The molecule has 0 saturated heterocycles. The second-order valence-electron chi connectivity index (χ2n) is 6.95. The first kappa shape index (κ1) is 19.5. The molecule has 1 amide bonds. The molecule has 0 unspecified atom stereocenters. The van der Waals surface area contributed by atoms with E-state index in [1.807, 2.05) is 0 Å². The predicted octanol–water partition coefficient (Wildman–Crippen LogP) is 3.39. The lowest BCUT2D eigenvalue weighted by atomic mass is 9.83. The second kappa shape index (κ2) is 7.41. The fourth-order valence-corrected chi connectivity index (χ4v) is 2.69. The van der Waals surface area contributed by atoms with Gasteiger partial charge in [0, 0.05) is 17.5 Å². The Morgan fingerprint density at radius 3 is 2.46 bits per heavy atom. The lowest BCUT2D eigenvalue weighted by Gasteiger charge is -2.26. The molecular formula is C19H18F3N5O. The van der Waals surface area contributed by atoms with Crippen molar-refractivity contribution in [1.29, 1.82) is 0 Å². The number of carbonyl (C=O) groups excluding carboxylic acids is 1. The highest BCUT2D eigenvalue weighted by Crippen LogP contribution is 2.32. The molecule has 0 saturated carbocycles. The molecule has 2 aromatic carbocycles. The van der Waals surface area contributed by atoms with E-state index in [9.17, 15) is 18.0 Å². The summed E-state index contributed by atoms with van der Waals surface area (Å²) in [7, 11) is 0. The van der Waals surface area contributed by atoms with Crippen LogP contribution in [0.15, 0.2) is 54.9 Å². The van der Waals surface area contributed by atoms with Gasteiger partial charge in [0.2, 0.25) is 0 Å². The van der Waals surface area contributed by atoms with E-state index < -0.39 is 17.2 Å². The number of hydrogen-bond donors (Lipinski definition) is 1. The Balaban J connectivity index is 1.73. The smallest absolute Gasteiger partial charge is 0.351 e. The van der Waals surface area contributed by atoms with E-state index in [0.29, 0.717) is 16.8 Å². The molecule has 0 aliphatic rings. The van der Waals surface area contributed by atoms with Crippen LogP contribution in [0.25, 0.3) is 5.69 Å². The van der Waals surface area contributed by atoms with Crippen LogP contribution in [0.3, 0.4) is 0 Å². The third kappa shape index (κ3) is 4.36.